The molecular weight excluding hydrogens is 446 g/mol. The van der Waals surface area contributed by atoms with E-state index in [1.165, 1.54) is 6.07 Å². The molecule has 0 atom stereocenters. The molecule has 0 spiro atoms. The summed E-state index contributed by atoms with van der Waals surface area (Å²) in [6.07, 6.45) is -4.46. The maximum absolute atomic E-state index is 13.3. The summed E-state index contributed by atoms with van der Waals surface area (Å²) in [5.41, 5.74) is -1.18. The van der Waals surface area contributed by atoms with Crippen LogP contribution in [0.25, 0.3) is 0 Å². The third-order valence-electron chi connectivity index (χ3n) is 2.91. The van der Waals surface area contributed by atoms with Crippen LogP contribution in [0.2, 0.25) is 0 Å². The number of ether oxygens (including phenoxy) is 1. The number of alkyl halides is 3. The van der Waals surface area contributed by atoms with Crippen LogP contribution in [0.15, 0.2) is 23.2 Å². The van der Waals surface area contributed by atoms with Crippen molar-refractivity contribution in [2.24, 2.45) is 4.99 Å². The second kappa shape index (κ2) is 10.1. The lowest BCUT2D eigenvalue weighted by atomic mass is 10.1. The second-order valence-corrected chi connectivity index (χ2v) is 6.26. The summed E-state index contributed by atoms with van der Waals surface area (Å²) in [7, 11) is 0. The van der Waals surface area contributed by atoms with Crippen molar-refractivity contribution >= 4 is 29.9 Å². The lowest BCUT2D eigenvalue weighted by Crippen LogP contribution is -2.37. The van der Waals surface area contributed by atoms with E-state index in [9.17, 15) is 13.2 Å². The minimum Gasteiger partial charge on any atom is -0.488 e. The molecule has 4 nitrogen and oxygen atoms in total. The van der Waals surface area contributed by atoms with E-state index in [1.807, 2.05) is 13.8 Å². The Morgan fingerprint density at radius 2 is 1.64 bits per heavy atom. The zero-order valence-corrected chi connectivity index (χ0v) is 17.6. The number of hydrogen-bond donors (Lipinski definition) is 2. The standard InChI is InChI=1S/C17H26F3N3O.HI/c1-6-21-15(22-7-2)23-11-12-8-9-13(24-16(3,4)5)10-14(12)17(18,19)20;/h8-10H,6-7,11H2,1-5H3,(H2,21,22,23);1H. The van der Waals surface area contributed by atoms with Gasteiger partial charge >= 0.3 is 6.18 Å². The Kier molecular flexibility index (Phi) is 9.60. The molecule has 144 valence electrons. The first-order chi connectivity index (χ1) is 11.1. The number of guanidine groups is 1. The summed E-state index contributed by atoms with van der Waals surface area (Å²) >= 11 is 0. The molecular formula is C17H27F3IN3O. The van der Waals surface area contributed by atoms with Crippen molar-refractivity contribution in [1.29, 1.82) is 0 Å². The van der Waals surface area contributed by atoms with Gasteiger partial charge in [0.05, 0.1) is 12.1 Å². The molecule has 0 aromatic heterocycles. The molecule has 0 unspecified atom stereocenters. The highest BCUT2D eigenvalue weighted by Gasteiger charge is 2.34. The number of nitrogens with one attached hydrogen (secondary N) is 2. The molecule has 1 aromatic carbocycles. The molecule has 8 heteroatoms. The number of hydrogen-bond acceptors (Lipinski definition) is 2. The van der Waals surface area contributed by atoms with E-state index in [0.29, 0.717) is 19.0 Å². The molecule has 0 saturated carbocycles. The van der Waals surface area contributed by atoms with E-state index >= 15 is 0 Å². The normalized spacial score (nSPS) is 11.4. The van der Waals surface area contributed by atoms with Crippen LogP contribution in [0.3, 0.4) is 0 Å². The molecule has 1 rings (SSSR count). The van der Waals surface area contributed by atoms with Gasteiger partial charge in [0.15, 0.2) is 5.96 Å². The molecule has 0 heterocycles. The van der Waals surface area contributed by atoms with Crippen molar-refractivity contribution in [3.8, 4) is 5.75 Å². The van der Waals surface area contributed by atoms with E-state index < -0.39 is 17.3 Å². The summed E-state index contributed by atoms with van der Waals surface area (Å²) < 4.78 is 45.6. The first-order valence-electron chi connectivity index (χ1n) is 7.98. The van der Waals surface area contributed by atoms with Crippen LogP contribution >= 0.6 is 24.0 Å². The van der Waals surface area contributed by atoms with Crippen molar-refractivity contribution in [1.82, 2.24) is 10.6 Å². The van der Waals surface area contributed by atoms with Gasteiger partial charge in [-0.1, -0.05) is 6.07 Å². The molecule has 0 saturated heterocycles. The Hall–Kier alpha value is -1.19. The summed E-state index contributed by atoms with van der Waals surface area (Å²) in [6.45, 7) is 10.4. The fraction of sp³-hybridized carbons (Fsp3) is 0.588. The fourth-order valence-electron chi connectivity index (χ4n) is 2.05. The van der Waals surface area contributed by atoms with Gasteiger partial charge < -0.3 is 15.4 Å². The number of halogens is 4. The van der Waals surface area contributed by atoms with Crippen LogP contribution in [0.5, 0.6) is 5.75 Å². The number of rotatable bonds is 5. The molecule has 0 aliphatic heterocycles. The van der Waals surface area contributed by atoms with Gasteiger partial charge in [-0.3, -0.25) is 0 Å². The highest BCUT2D eigenvalue weighted by Crippen LogP contribution is 2.35. The van der Waals surface area contributed by atoms with E-state index in [4.69, 9.17) is 4.74 Å². The Balaban J connectivity index is 0.00000576. The average Bonchev–Trinajstić information content (AvgIpc) is 2.43. The van der Waals surface area contributed by atoms with Crippen molar-refractivity contribution in [3.05, 3.63) is 29.3 Å². The molecule has 0 aliphatic rings. The summed E-state index contributed by atoms with van der Waals surface area (Å²) in [5, 5.41) is 5.97. The van der Waals surface area contributed by atoms with Gasteiger partial charge in [-0.2, -0.15) is 13.2 Å². The molecule has 1 aromatic rings. The minimum absolute atomic E-state index is 0. The Labute approximate surface area is 164 Å². The number of nitrogens with zero attached hydrogens (tertiary/aromatic N) is 1. The second-order valence-electron chi connectivity index (χ2n) is 6.26. The van der Waals surface area contributed by atoms with Crippen LogP contribution in [0.1, 0.15) is 45.7 Å². The molecule has 0 fully saturated rings. The van der Waals surface area contributed by atoms with E-state index in [2.05, 4.69) is 15.6 Å². The van der Waals surface area contributed by atoms with Gasteiger partial charge in [0.2, 0.25) is 0 Å². The number of aliphatic imine (C=N–C) groups is 1. The average molecular weight is 473 g/mol. The van der Waals surface area contributed by atoms with Crippen LogP contribution in [0.4, 0.5) is 13.2 Å². The summed E-state index contributed by atoms with van der Waals surface area (Å²) in [4.78, 5) is 4.21. The molecule has 0 aliphatic carbocycles. The van der Waals surface area contributed by atoms with Crippen molar-refractivity contribution in [3.63, 3.8) is 0 Å². The van der Waals surface area contributed by atoms with Gasteiger partial charge in [0.1, 0.15) is 11.4 Å². The van der Waals surface area contributed by atoms with Gasteiger partial charge in [0.25, 0.3) is 0 Å². The van der Waals surface area contributed by atoms with Gasteiger partial charge in [-0.15, -0.1) is 24.0 Å². The molecule has 2 N–H and O–H groups in total. The first-order valence-corrected chi connectivity index (χ1v) is 7.98. The quantitative estimate of drug-likeness (QED) is 0.374. The zero-order chi connectivity index (χ0) is 18.4. The number of benzene rings is 1. The van der Waals surface area contributed by atoms with Crippen molar-refractivity contribution in [2.75, 3.05) is 13.1 Å². The van der Waals surface area contributed by atoms with E-state index in [0.717, 1.165) is 6.07 Å². The maximum atomic E-state index is 13.3. The van der Waals surface area contributed by atoms with E-state index in [1.54, 1.807) is 26.8 Å². The predicted molar refractivity (Wildman–Crippen MR) is 106 cm³/mol. The maximum Gasteiger partial charge on any atom is 0.416 e. The summed E-state index contributed by atoms with van der Waals surface area (Å²) in [5.74, 6) is 0.685. The Bertz CT molecular complexity index is 561. The van der Waals surface area contributed by atoms with Crippen LogP contribution in [0, 0.1) is 0 Å². The fourth-order valence-corrected chi connectivity index (χ4v) is 2.05. The van der Waals surface area contributed by atoms with Crippen LogP contribution in [-0.2, 0) is 12.7 Å². The predicted octanol–water partition coefficient (Wildman–Crippen LogP) is 4.58. The Morgan fingerprint density at radius 3 is 2.08 bits per heavy atom. The van der Waals surface area contributed by atoms with Gasteiger partial charge in [0, 0.05) is 13.1 Å². The first kappa shape index (κ1) is 23.8. The lowest BCUT2D eigenvalue weighted by molar-refractivity contribution is -0.138. The largest absolute Gasteiger partial charge is 0.488 e. The highest BCUT2D eigenvalue weighted by molar-refractivity contribution is 14.0. The zero-order valence-electron chi connectivity index (χ0n) is 15.3. The third-order valence-corrected chi connectivity index (χ3v) is 2.91. The smallest absolute Gasteiger partial charge is 0.416 e. The monoisotopic (exact) mass is 473 g/mol. The lowest BCUT2D eigenvalue weighted by Gasteiger charge is -2.22. The molecule has 0 bridgehead atoms. The van der Waals surface area contributed by atoms with Crippen LogP contribution < -0.4 is 15.4 Å². The highest BCUT2D eigenvalue weighted by atomic mass is 127. The van der Waals surface area contributed by atoms with Crippen LogP contribution in [-0.4, -0.2) is 24.7 Å². The van der Waals surface area contributed by atoms with Crippen molar-refractivity contribution < 1.29 is 17.9 Å². The minimum atomic E-state index is -4.46. The topological polar surface area (TPSA) is 45.7 Å². The van der Waals surface area contributed by atoms with Gasteiger partial charge in [-0.25, -0.2) is 4.99 Å². The molecule has 0 radical (unpaired) electrons. The van der Waals surface area contributed by atoms with E-state index in [-0.39, 0.29) is 41.8 Å². The molecule has 25 heavy (non-hydrogen) atoms. The third kappa shape index (κ3) is 8.64. The Morgan fingerprint density at radius 1 is 1.08 bits per heavy atom. The van der Waals surface area contributed by atoms with Gasteiger partial charge in [-0.05, 0) is 52.3 Å². The van der Waals surface area contributed by atoms with Crippen molar-refractivity contribution in [2.45, 2.75) is 52.9 Å². The molecule has 0 amide bonds. The summed E-state index contributed by atoms with van der Waals surface area (Å²) in [6, 6.07) is 4.00. The SMILES string of the molecule is CCNC(=NCc1ccc(OC(C)(C)C)cc1C(F)(F)F)NCC.I.